The number of benzene rings is 1. The minimum Gasteiger partial charge on any atom is -0.505 e. The van der Waals surface area contributed by atoms with Crippen LogP contribution < -0.4 is 10.5 Å². The van der Waals surface area contributed by atoms with Gasteiger partial charge in [0.1, 0.15) is 0 Å². The highest BCUT2D eigenvalue weighted by Gasteiger charge is 2.38. The van der Waals surface area contributed by atoms with E-state index in [0.29, 0.717) is 12.1 Å². The minimum atomic E-state index is -0.806. The molecule has 1 aliphatic rings. The summed E-state index contributed by atoms with van der Waals surface area (Å²) in [7, 11) is 1.32. The van der Waals surface area contributed by atoms with Gasteiger partial charge in [-0.25, -0.2) is 0 Å². The largest absolute Gasteiger partial charge is 0.505 e. The molecule has 0 aromatic heterocycles. The van der Waals surface area contributed by atoms with E-state index in [-0.39, 0.29) is 21.9 Å². The zero-order chi connectivity index (χ0) is 13.3. The molecule has 0 bridgehead atoms. The molecule has 1 aliphatic carbocycles. The van der Waals surface area contributed by atoms with E-state index in [1.807, 2.05) is 0 Å². The predicted molar refractivity (Wildman–Crippen MR) is 68.8 cm³/mol. The van der Waals surface area contributed by atoms with E-state index in [4.69, 9.17) is 22.1 Å². The molecule has 1 aromatic carbocycles. The Hall–Kier alpha value is -1.00. The first-order valence-corrected chi connectivity index (χ1v) is 6.39. The van der Waals surface area contributed by atoms with Crippen molar-refractivity contribution < 1.29 is 14.2 Å². The van der Waals surface area contributed by atoms with Crippen molar-refractivity contribution in [1.29, 1.82) is 0 Å². The minimum absolute atomic E-state index is 0.122. The van der Waals surface area contributed by atoms with Gasteiger partial charge in [0.15, 0.2) is 11.5 Å². The van der Waals surface area contributed by atoms with Crippen molar-refractivity contribution in [2.75, 3.05) is 13.7 Å². The number of methoxy groups -OCH3 is 1. The molecule has 5 heteroatoms. The van der Waals surface area contributed by atoms with E-state index < -0.39 is 5.82 Å². The van der Waals surface area contributed by atoms with Gasteiger partial charge in [0, 0.05) is 17.5 Å². The van der Waals surface area contributed by atoms with Crippen LogP contribution in [0.15, 0.2) is 6.07 Å². The van der Waals surface area contributed by atoms with E-state index in [1.54, 1.807) is 6.07 Å². The second kappa shape index (κ2) is 4.94. The molecule has 1 aromatic rings. The lowest BCUT2D eigenvalue weighted by Crippen LogP contribution is -2.32. The summed E-state index contributed by atoms with van der Waals surface area (Å²) in [5.41, 5.74) is 5.98. The summed E-state index contributed by atoms with van der Waals surface area (Å²) in [6.07, 6.45) is 3.75. The van der Waals surface area contributed by atoms with Crippen molar-refractivity contribution in [3.8, 4) is 11.5 Å². The smallest absolute Gasteiger partial charge is 0.208 e. The molecule has 0 amide bonds. The van der Waals surface area contributed by atoms with E-state index in [0.717, 1.165) is 25.7 Å². The Morgan fingerprint density at radius 1 is 1.50 bits per heavy atom. The van der Waals surface area contributed by atoms with Crippen LogP contribution in [-0.4, -0.2) is 18.8 Å². The van der Waals surface area contributed by atoms with Gasteiger partial charge < -0.3 is 15.6 Å². The zero-order valence-electron chi connectivity index (χ0n) is 10.3. The highest BCUT2D eigenvalue weighted by Crippen LogP contribution is 2.47. The first kappa shape index (κ1) is 13.4. The lowest BCUT2D eigenvalue weighted by atomic mass is 9.78. The van der Waals surface area contributed by atoms with Crippen LogP contribution in [0.5, 0.6) is 11.5 Å². The second-order valence-electron chi connectivity index (χ2n) is 4.79. The van der Waals surface area contributed by atoms with Gasteiger partial charge >= 0.3 is 0 Å². The topological polar surface area (TPSA) is 55.5 Å². The molecular formula is C13H17ClFNO2. The predicted octanol–water partition coefficient (Wildman–Crippen LogP) is 2.96. The Labute approximate surface area is 111 Å². The summed E-state index contributed by atoms with van der Waals surface area (Å²) >= 11 is 5.99. The number of phenols is 1. The van der Waals surface area contributed by atoms with Crippen LogP contribution in [0.25, 0.3) is 0 Å². The average Bonchev–Trinajstić information content (AvgIpc) is 2.84. The highest BCUT2D eigenvalue weighted by molar-refractivity contribution is 6.32. The molecule has 1 saturated carbocycles. The maximum Gasteiger partial charge on any atom is 0.208 e. The Bertz CT molecular complexity index is 459. The third kappa shape index (κ3) is 1.93. The standard InChI is InChI=1S/C13H17ClFNO2/c1-18-12-9(14)6-8(11(17)10(12)15)13(7-16)4-2-3-5-13/h6,17H,2-5,7,16H2,1H3. The maximum absolute atomic E-state index is 14.0. The number of phenolic OH excluding ortho intramolecular Hbond substituents is 1. The van der Waals surface area contributed by atoms with Crippen LogP contribution in [0, 0.1) is 5.82 Å². The lowest BCUT2D eigenvalue weighted by molar-refractivity contribution is 0.349. The molecule has 0 atom stereocenters. The van der Waals surface area contributed by atoms with E-state index >= 15 is 0 Å². The van der Waals surface area contributed by atoms with E-state index in [2.05, 4.69) is 0 Å². The SMILES string of the molecule is COc1c(Cl)cc(C2(CN)CCCC2)c(O)c1F. The van der Waals surface area contributed by atoms with E-state index in [9.17, 15) is 9.50 Å². The molecule has 0 radical (unpaired) electrons. The Morgan fingerprint density at radius 3 is 2.61 bits per heavy atom. The molecular weight excluding hydrogens is 257 g/mol. The number of halogens is 2. The number of rotatable bonds is 3. The third-order valence-corrected chi connectivity index (χ3v) is 4.16. The van der Waals surface area contributed by atoms with Crippen LogP contribution in [0.3, 0.4) is 0 Å². The molecule has 3 nitrogen and oxygen atoms in total. The normalized spacial score (nSPS) is 18.0. The van der Waals surface area contributed by atoms with Crippen LogP contribution in [0.2, 0.25) is 5.02 Å². The molecule has 0 heterocycles. The fraction of sp³-hybridized carbons (Fsp3) is 0.538. The molecule has 100 valence electrons. The molecule has 0 saturated heterocycles. The van der Waals surface area contributed by atoms with Gasteiger partial charge in [0.2, 0.25) is 5.82 Å². The number of nitrogens with two attached hydrogens (primary N) is 1. The van der Waals surface area contributed by atoms with Gasteiger partial charge in [0.25, 0.3) is 0 Å². The summed E-state index contributed by atoms with van der Waals surface area (Å²) in [6, 6.07) is 1.58. The summed E-state index contributed by atoms with van der Waals surface area (Å²) in [5, 5.41) is 10.2. The zero-order valence-corrected chi connectivity index (χ0v) is 11.1. The summed E-state index contributed by atoms with van der Waals surface area (Å²) in [6.45, 7) is 0.378. The Balaban J connectivity index is 2.58. The number of hydrogen-bond donors (Lipinski definition) is 2. The van der Waals surface area contributed by atoms with Crippen molar-refractivity contribution in [2.45, 2.75) is 31.1 Å². The monoisotopic (exact) mass is 273 g/mol. The van der Waals surface area contributed by atoms with Crippen molar-refractivity contribution in [1.82, 2.24) is 0 Å². The van der Waals surface area contributed by atoms with Crippen LogP contribution in [-0.2, 0) is 5.41 Å². The van der Waals surface area contributed by atoms with Crippen molar-refractivity contribution in [2.24, 2.45) is 5.73 Å². The molecule has 0 aliphatic heterocycles. The summed E-state index contributed by atoms with van der Waals surface area (Å²) < 4.78 is 18.8. The van der Waals surface area contributed by atoms with Gasteiger partial charge in [-0.1, -0.05) is 24.4 Å². The fourth-order valence-corrected chi connectivity index (χ4v) is 3.09. The van der Waals surface area contributed by atoms with Gasteiger partial charge in [0.05, 0.1) is 12.1 Å². The first-order valence-electron chi connectivity index (χ1n) is 6.01. The van der Waals surface area contributed by atoms with Crippen LogP contribution in [0.4, 0.5) is 4.39 Å². The lowest BCUT2D eigenvalue weighted by Gasteiger charge is -2.29. The van der Waals surface area contributed by atoms with E-state index in [1.165, 1.54) is 7.11 Å². The molecule has 3 N–H and O–H groups in total. The molecule has 0 unspecified atom stereocenters. The highest BCUT2D eigenvalue weighted by atomic mass is 35.5. The molecule has 18 heavy (non-hydrogen) atoms. The number of hydrogen-bond acceptors (Lipinski definition) is 3. The van der Waals surface area contributed by atoms with Crippen LogP contribution in [0.1, 0.15) is 31.2 Å². The van der Waals surface area contributed by atoms with Crippen molar-refractivity contribution in [3.63, 3.8) is 0 Å². The molecule has 1 fully saturated rings. The Morgan fingerprint density at radius 2 is 2.11 bits per heavy atom. The van der Waals surface area contributed by atoms with Gasteiger partial charge in [-0.15, -0.1) is 0 Å². The third-order valence-electron chi connectivity index (χ3n) is 3.88. The number of aromatic hydroxyl groups is 1. The molecule has 0 spiro atoms. The average molecular weight is 274 g/mol. The summed E-state index contributed by atoms with van der Waals surface area (Å²) in [4.78, 5) is 0. The summed E-state index contributed by atoms with van der Waals surface area (Å²) in [5.74, 6) is -1.31. The van der Waals surface area contributed by atoms with Crippen molar-refractivity contribution in [3.05, 3.63) is 22.5 Å². The number of ether oxygens (including phenoxy) is 1. The van der Waals surface area contributed by atoms with Gasteiger partial charge in [-0.3, -0.25) is 0 Å². The van der Waals surface area contributed by atoms with Gasteiger partial charge in [-0.05, 0) is 18.9 Å². The van der Waals surface area contributed by atoms with Gasteiger partial charge in [-0.2, -0.15) is 4.39 Å². The van der Waals surface area contributed by atoms with Crippen molar-refractivity contribution >= 4 is 11.6 Å². The fourth-order valence-electron chi connectivity index (χ4n) is 2.82. The molecule has 2 rings (SSSR count). The first-order chi connectivity index (χ1) is 8.55. The quantitative estimate of drug-likeness (QED) is 0.890. The second-order valence-corrected chi connectivity index (χ2v) is 5.20. The van der Waals surface area contributed by atoms with Crippen LogP contribution >= 0.6 is 11.6 Å². The maximum atomic E-state index is 14.0. The Kier molecular flexibility index (Phi) is 3.69.